The first-order valence-corrected chi connectivity index (χ1v) is 14.5. The number of hydrogen-bond donors (Lipinski definition) is 0. The monoisotopic (exact) mass is 636 g/mol. The van der Waals surface area contributed by atoms with Gasteiger partial charge in [-0.25, -0.2) is 14.5 Å². The molecule has 1 fully saturated rings. The van der Waals surface area contributed by atoms with Crippen molar-refractivity contribution >= 4 is 29.0 Å². The topological polar surface area (TPSA) is 121 Å². The van der Waals surface area contributed by atoms with Crippen LogP contribution in [0.25, 0.3) is 22.3 Å². The maximum absolute atomic E-state index is 13.8. The first kappa shape index (κ1) is 33.7. The van der Waals surface area contributed by atoms with E-state index in [0.29, 0.717) is 53.4 Å². The van der Waals surface area contributed by atoms with Gasteiger partial charge in [0.05, 0.1) is 17.3 Å². The largest absolute Gasteiger partial charge is 0.467 e. The van der Waals surface area contributed by atoms with Crippen molar-refractivity contribution in [3.8, 4) is 17.0 Å². The van der Waals surface area contributed by atoms with Crippen molar-refractivity contribution < 1.29 is 41.7 Å². The summed E-state index contributed by atoms with van der Waals surface area (Å²) in [5.74, 6) is 0.117. The minimum atomic E-state index is -4.77. The molecule has 3 aromatic rings. The molecule has 0 N–H and O–H groups in total. The van der Waals surface area contributed by atoms with Crippen LogP contribution in [0.15, 0.2) is 30.3 Å². The van der Waals surface area contributed by atoms with E-state index in [0.717, 1.165) is 0 Å². The van der Waals surface area contributed by atoms with Crippen molar-refractivity contribution in [3.05, 3.63) is 30.3 Å². The number of amides is 2. The number of benzene rings is 1. The Hall–Kier alpha value is -4.14. The van der Waals surface area contributed by atoms with E-state index in [1.54, 1.807) is 81.5 Å². The molecule has 4 rings (SSSR count). The Morgan fingerprint density at radius 1 is 0.978 bits per heavy atom. The lowest BCUT2D eigenvalue weighted by Crippen LogP contribution is -2.43. The number of carbonyl (C=O) groups excluding carboxylic acids is 2. The van der Waals surface area contributed by atoms with Gasteiger partial charge < -0.3 is 23.8 Å². The number of halogens is 3. The van der Waals surface area contributed by atoms with Crippen LogP contribution in [0.2, 0.25) is 0 Å². The summed E-state index contributed by atoms with van der Waals surface area (Å²) in [7, 11) is 1.49. The molecule has 3 heterocycles. The fourth-order valence-electron chi connectivity index (χ4n) is 4.78. The van der Waals surface area contributed by atoms with Crippen LogP contribution in [-0.4, -0.2) is 88.0 Å². The van der Waals surface area contributed by atoms with Crippen molar-refractivity contribution in [1.82, 2.24) is 24.9 Å². The molecular weight excluding hydrogens is 597 g/mol. The van der Waals surface area contributed by atoms with Crippen LogP contribution >= 0.6 is 0 Å². The normalized spacial score (nSPS) is 14.8. The molecular formula is C30H39F3N6O6. The van der Waals surface area contributed by atoms with Crippen LogP contribution < -0.4 is 9.64 Å². The molecule has 1 aromatic carbocycles. The summed E-state index contributed by atoms with van der Waals surface area (Å²) in [4.78, 5) is 27.8. The van der Waals surface area contributed by atoms with Crippen molar-refractivity contribution in [3.63, 3.8) is 0 Å². The number of nitrogens with zero attached hydrogens (tertiary/aromatic N) is 6. The average Bonchev–Trinajstić information content (AvgIpc) is 3.31. The van der Waals surface area contributed by atoms with E-state index in [-0.39, 0.29) is 24.2 Å². The van der Waals surface area contributed by atoms with Gasteiger partial charge in [-0.3, -0.25) is 4.68 Å². The first-order chi connectivity index (χ1) is 21.0. The van der Waals surface area contributed by atoms with Gasteiger partial charge in [0.1, 0.15) is 23.5 Å². The zero-order valence-corrected chi connectivity index (χ0v) is 26.5. The Bertz CT molecular complexity index is 1510. The lowest BCUT2D eigenvalue weighted by atomic mass is 10.1. The summed E-state index contributed by atoms with van der Waals surface area (Å²) < 4.78 is 64.6. The molecule has 0 bridgehead atoms. The average molecular weight is 637 g/mol. The Morgan fingerprint density at radius 2 is 1.62 bits per heavy atom. The molecule has 0 unspecified atom stereocenters. The summed E-state index contributed by atoms with van der Waals surface area (Å²) in [5, 5.41) is 13.1. The molecule has 0 aliphatic carbocycles. The highest BCUT2D eigenvalue weighted by atomic mass is 19.4. The number of likely N-dealkylation sites (tertiary alicyclic amines) is 1. The Balaban J connectivity index is 1.80. The molecule has 0 spiro atoms. The smallest absolute Gasteiger partial charge is 0.416 e. The molecule has 2 amide bonds. The second-order valence-corrected chi connectivity index (χ2v) is 12.7. The molecule has 2 aromatic heterocycles. The van der Waals surface area contributed by atoms with Gasteiger partial charge in [0.25, 0.3) is 0 Å². The van der Waals surface area contributed by atoms with Gasteiger partial charge >= 0.3 is 18.4 Å². The Kier molecular flexibility index (Phi) is 9.80. The fourth-order valence-corrected chi connectivity index (χ4v) is 4.78. The lowest BCUT2D eigenvalue weighted by Gasteiger charge is -2.33. The van der Waals surface area contributed by atoms with E-state index in [2.05, 4.69) is 15.3 Å². The predicted molar refractivity (Wildman–Crippen MR) is 159 cm³/mol. The van der Waals surface area contributed by atoms with E-state index in [1.807, 2.05) is 0 Å². The number of rotatable bonds is 7. The van der Waals surface area contributed by atoms with Gasteiger partial charge in [-0.2, -0.15) is 18.3 Å². The molecule has 1 aliphatic heterocycles. The van der Waals surface area contributed by atoms with Crippen molar-refractivity contribution in [1.29, 1.82) is 0 Å². The predicted octanol–water partition coefficient (Wildman–Crippen LogP) is 6.35. The summed E-state index contributed by atoms with van der Waals surface area (Å²) in [6.45, 7) is 9.00. The number of fused-ring (bicyclic) bond motifs is 1. The third kappa shape index (κ3) is 8.74. The second-order valence-electron chi connectivity index (χ2n) is 12.7. The highest BCUT2D eigenvalue weighted by Crippen LogP contribution is 2.36. The van der Waals surface area contributed by atoms with E-state index in [1.165, 1.54) is 7.11 Å². The molecule has 12 nitrogen and oxygen atoms in total. The first-order valence-electron chi connectivity index (χ1n) is 14.5. The molecule has 0 radical (unpaired) electrons. The van der Waals surface area contributed by atoms with Gasteiger partial charge in [0, 0.05) is 25.8 Å². The lowest BCUT2D eigenvalue weighted by molar-refractivity contribution is -0.119. The standard InChI is InChI=1S/C30H39F3N6O6/c1-28(2,3)44-26(40)37-14-12-19(13-15-37)39-22-16-21(20-10-8-9-11-23(20)43-18-42-7)34-35-24(22)25(36-39)38(17-30(31,32)33)27(41)45-29(4,5)6/h8-11,16,19H,12-15,17-18H2,1-7H3. The number of methoxy groups -OCH3 is 1. The molecule has 0 saturated carbocycles. The van der Waals surface area contributed by atoms with Crippen molar-refractivity contribution in [2.24, 2.45) is 0 Å². The van der Waals surface area contributed by atoms with Gasteiger partial charge in [0.2, 0.25) is 0 Å². The van der Waals surface area contributed by atoms with E-state index < -0.39 is 36.1 Å². The SMILES string of the molecule is COCOc1ccccc1-c1cc2c(nn1)c(N(CC(F)(F)F)C(=O)OC(C)(C)C)nn2C1CCN(C(=O)OC(C)(C)C)CC1. The maximum Gasteiger partial charge on any atom is 0.416 e. The molecule has 15 heteroatoms. The van der Waals surface area contributed by atoms with Crippen LogP contribution in [0.1, 0.15) is 60.4 Å². The molecule has 1 aliphatic rings. The van der Waals surface area contributed by atoms with E-state index >= 15 is 0 Å². The molecule has 1 saturated heterocycles. The number of aromatic nitrogens is 4. The Morgan fingerprint density at radius 3 is 2.22 bits per heavy atom. The zero-order valence-electron chi connectivity index (χ0n) is 26.5. The third-order valence-corrected chi connectivity index (χ3v) is 6.60. The summed E-state index contributed by atoms with van der Waals surface area (Å²) in [6, 6.07) is 8.35. The number of alkyl halides is 3. The van der Waals surface area contributed by atoms with Crippen molar-refractivity contribution in [2.45, 2.75) is 77.8 Å². The molecule has 45 heavy (non-hydrogen) atoms. The number of carbonyl (C=O) groups is 2. The number of hydrogen-bond acceptors (Lipinski definition) is 9. The zero-order chi connectivity index (χ0) is 33.2. The van der Waals surface area contributed by atoms with Crippen molar-refractivity contribution in [2.75, 3.05) is 38.4 Å². The Labute approximate surface area is 259 Å². The van der Waals surface area contributed by atoms with Crippen LogP contribution in [0.4, 0.5) is 28.6 Å². The quantitative estimate of drug-likeness (QED) is 0.273. The van der Waals surface area contributed by atoms with Crippen LogP contribution in [0.5, 0.6) is 5.75 Å². The van der Waals surface area contributed by atoms with Gasteiger partial charge in [0.15, 0.2) is 18.1 Å². The number of piperidine rings is 1. The van der Waals surface area contributed by atoms with Gasteiger partial charge in [-0.15, -0.1) is 10.2 Å². The van der Waals surface area contributed by atoms with E-state index in [9.17, 15) is 22.8 Å². The van der Waals surface area contributed by atoms with Crippen LogP contribution in [0.3, 0.4) is 0 Å². The highest BCUT2D eigenvalue weighted by molar-refractivity contribution is 5.98. The fraction of sp³-hybridized carbons (Fsp3) is 0.567. The van der Waals surface area contributed by atoms with Crippen LogP contribution in [0, 0.1) is 0 Å². The molecule has 246 valence electrons. The summed E-state index contributed by atoms with van der Waals surface area (Å²) in [5.41, 5.74) is -0.464. The second kappa shape index (κ2) is 13.1. The number of anilines is 1. The third-order valence-electron chi connectivity index (χ3n) is 6.60. The van der Waals surface area contributed by atoms with Gasteiger partial charge in [-0.1, -0.05) is 12.1 Å². The van der Waals surface area contributed by atoms with E-state index in [4.69, 9.17) is 18.9 Å². The van der Waals surface area contributed by atoms with Crippen LogP contribution in [-0.2, 0) is 14.2 Å². The minimum Gasteiger partial charge on any atom is -0.467 e. The van der Waals surface area contributed by atoms with Gasteiger partial charge in [-0.05, 0) is 72.6 Å². The number of para-hydroxylation sites is 1. The highest BCUT2D eigenvalue weighted by Gasteiger charge is 2.39. The number of ether oxygens (including phenoxy) is 4. The molecule has 0 atom stereocenters. The summed E-state index contributed by atoms with van der Waals surface area (Å²) >= 11 is 0. The minimum absolute atomic E-state index is 0.0151. The summed E-state index contributed by atoms with van der Waals surface area (Å²) in [6.07, 6.45) is -5.60. The maximum atomic E-state index is 13.8.